The average molecular weight is 426 g/mol. The number of nitrogens with one attached hydrogen (secondary N) is 1. The number of rotatable bonds is 4. The number of carbonyl (C=O) groups is 1. The molecule has 0 bridgehead atoms. The highest BCUT2D eigenvalue weighted by Gasteiger charge is 2.22. The van der Waals surface area contributed by atoms with Crippen molar-refractivity contribution in [3.8, 4) is 11.3 Å². The maximum Gasteiger partial charge on any atom is 0.261 e. The molecule has 2 heterocycles. The number of imidazole rings is 1. The van der Waals surface area contributed by atoms with Gasteiger partial charge >= 0.3 is 0 Å². The molecule has 8 heteroatoms. The van der Waals surface area contributed by atoms with Crippen molar-refractivity contribution in [1.82, 2.24) is 9.55 Å². The van der Waals surface area contributed by atoms with Crippen molar-refractivity contribution in [3.63, 3.8) is 0 Å². The number of hydrogen-bond donors (Lipinski definition) is 1. The highest BCUT2D eigenvalue weighted by Crippen LogP contribution is 2.30. The molecule has 0 unspecified atom stereocenters. The molecule has 0 spiro atoms. The van der Waals surface area contributed by atoms with Crippen LogP contribution in [0.3, 0.4) is 0 Å². The van der Waals surface area contributed by atoms with Gasteiger partial charge in [-0.25, -0.2) is 13.4 Å². The van der Waals surface area contributed by atoms with Crippen LogP contribution in [-0.4, -0.2) is 29.5 Å². The average Bonchev–Trinajstić information content (AvgIpc) is 3.31. The first-order valence-corrected chi connectivity index (χ1v) is 12.0. The Hall–Kier alpha value is -2.58. The fraction of sp³-hybridized carbons (Fsp3) is 0.238. The molecule has 148 valence electrons. The van der Waals surface area contributed by atoms with Crippen molar-refractivity contribution >= 4 is 33.3 Å². The van der Waals surface area contributed by atoms with Crippen molar-refractivity contribution in [1.29, 1.82) is 0 Å². The lowest BCUT2D eigenvalue weighted by molar-refractivity contribution is 0.0972. The van der Waals surface area contributed by atoms with E-state index in [0.717, 1.165) is 47.1 Å². The van der Waals surface area contributed by atoms with Crippen LogP contribution in [-0.2, 0) is 23.0 Å². The fourth-order valence-corrected chi connectivity index (χ4v) is 5.77. The Morgan fingerprint density at radius 2 is 1.90 bits per heavy atom. The summed E-state index contributed by atoms with van der Waals surface area (Å²) < 4.78 is 30.3. The van der Waals surface area contributed by atoms with E-state index in [1.54, 1.807) is 36.0 Å². The molecule has 0 saturated carbocycles. The molecule has 0 amide bonds. The van der Waals surface area contributed by atoms with E-state index in [9.17, 15) is 13.2 Å². The Labute approximate surface area is 173 Å². The van der Waals surface area contributed by atoms with Gasteiger partial charge in [-0.2, -0.15) is 0 Å². The van der Waals surface area contributed by atoms with Gasteiger partial charge in [0.15, 0.2) is 10.9 Å². The van der Waals surface area contributed by atoms with E-state index in [-0.39, 0.29) is 10.7 Å². The van der Waals surface area contributed by atoms with E-state index in [1.165, 1.54) is 6.07 Å². The number of thioether (sulfide) groups is 1. The Morgan fingerprint density at radius 3 is 2.69 bits per heavy atom. The minimum absolute atomic E-state index is 0.0118. The van der Waals surface area contributed by atoms with Crippen molar-refractivity contribution in [2.75, 3.05) is 10.5 Å². The van der Waals surface area contributed by atoms with Crippen LogP contribution in [0.25, 0.3) is 11.3 Å². The van der Waals surface area contributed by atoms with Crippen molar-refractivity contribution in [2.45, 2.75) is 35.9 Å². The molecular weight excluding hydrogens is 406 g/mol. The van der Waals surface area contributed by atoms with E-state index < -0.39 is 10.0 Å². The minimum Gasteiger partial charge on any atom is -0.325 e. The second kappa shape index (κ2) is 7.03. The summed E-state index contributed by atoms with van der Waals surface area (Å²) in [7, 11) is -3.77. The standard InChI is InChI=1S/C21H19N3O3S2/c25-20-3-1-2-14-6-9-17(12-18(14)20)29(26,27)23-16-7-4-15(5-8-16)19-13-24-10-11-28-21(24)22-19/h4-9,12-13,23H,1-3,10-11H2. The van der Waals surface area contributed by atoms with Crippen LogP contribution in [0.2, 0.25) is 0 Å². The molecule has 1 aliphatic carbocycles. The third kappa shape index (κ3) is 3.47. The maximum absolute atomic E-state index is 12.8. The van der Waals surface area contributed by atoms with E-state index in [2.05, 4.69) is 14.3 Å². The number of Topliss-reactive ketones (excluding diaryl/α,β-unsaturated/α-hetero) is 1. The summed E-state index contributed by atoms with van der Waals surface area (Å²) in [5, 5.41) is 1.02. The highest BCUT2D eigenvalue weighted by atomic mass is 32.2. The SMILES string of the molecule is O=C1CCCc2ccc(S(=O)(=O)Nc3ccc(-c4cn5c(n4)SCC5)cc3)cc21. The van der Waals surface area contributed by atoms with Crippen LogP contribution in [0.4, 0.5) is 5.69 Å². The van der Waals surface area contributed by atoms with Gasteiger partial charge in [0, 0.05) is 41.7 Å². The predicted molar refractivity (Wildman–Crippen MR) is 113 cm³/mol. The zero-order valence-electron chi connectivity index (χ0n) is 15.6. The van der Waals surface area contributed by atoms with Crippen LogP contribution in [0.1, 0.15) is 28.8 Å². The first kappa shape index (κ1) is 18.4. The van der Waals surface area contributed by atoms with E-state index >= 15 is 0 Å². The van der Waals surface area contributed by atoms with Crippen LogP contribution in [0, 0.1) is 0 Å². The lowest BCUT2D eigenvalue weighted by Gasteiger charge is -2.16. The fourth-order valence-electron chi connectivity index (χ4n) is 3.75. The molecule has 3 aromatic rings. The van der Waals surface area contributed by atoms with Crippen molar-refractivity contribution < 1.29 is 13.2 Å². The summed E-state index contributed by atoms with van der Waals surface area (Å²) in [4.78, 5) is 16.8. The summed E-state index contributed by atoms with van der Waals surface area (Å²) >= 11 is 1.74. The number of fused-ring (bicyclic) bond motifs is 2. The molecule has 1 aromatic heterocycles. The smallest absolute Gasteiger partial charge is 0.261 e. The molecule has 1 N–H and O–H groups in total. The van der Waals surface area contributed by atoms with E-state index in [4.69, 9.17) is 0 Å². The third-order valence-electron chi connectivity index (χ3n) is 5.28. The number of carbonyl (C=O) groups excluding carboxylic acids is 1. The summed E-state index contributed by atoms with van der Waals surface area (Å²) in [6.45, 7) is 0.966. The Kier molecular flexibility index (Phi) is 4.48. The van der Waals surface area contributed by atoms with Gasteiger partial charge in [-0.15, -0.1) is 0 Å². The van der Waals surface area contributed by atoms with Gasteiger partial charge in [-0.3, -0.25) is 9.52 Å². The topological polar surface area (TPSA) is 81.1 Å². The molecule has 29 heavy (non-hydrogen) atoms. The number of ketones is 1. The van der Waals surface area contributed by atoms with Crippen LogP contribution < -0.4 is 4.72 Å². The number of nitrogens with zero attached hydrogens (tertiary/aromatic N) is 2. The van der Waals surface area contributed by atoms with E-state index in [0.29, 0.717) is 17.7 Å². The Morgan fingerprint density at radius 1 is 1.07 bits per heavy atom. The van der Waals surface area contributed by atoms with Gasteiger partial charge in [0.05, 0.1) is 10.6 Å². The zero-order chi connectivity index (χ0) is 20.0. The van der Waals surface area contributed by atoms with Crippen LogP contribution in [0.5, 0.6) is 0 Å². The summed E-state index contributed by atoms with van der Waals surface area (Å²) in [5.41, 5.74) is 3.75. The van der Waals surface area contributed by atoms with E-state index in [1.807, 2.05) is 18.3 Å². The quantitative estimate of drug-likeness (QED) is 0.684. The van der Waals surface area contributed by atoms with Gasteiger partial charge in [0.1, 0.15) is 0 Å². The zero-order valence-corrected chi connectivity index (χ0v) is 17.2. The van der Waals surface area contributed by atoms with Crippen molar-refractivity contribution in [3.05, 3.63) is 59.8 Å². The normalized spacial score (nSPS) is 15.8. The summed E-state index contributed by atoms with van der Waals surface area (Å²) in [6, 6.07) is 12.0. The third-order valence-corrected chi connectivity index (χ3v) is 7.63. The highest BCUT2D eigenvalue weighted by molar-refractivity contribution is 7.99. The molecule has 6 nitrogen and oxygen atoms in total. The number of sulfonamides is 1. The largest absolute Gasteiger partial charge is 0.325 e. The molecule has 2 aromatic carbocycles. The Balaban J connectivity index is 1.38. The van der Waals surface area contributed by atoms with Gasteiger partial charge < -0.3 is 4.57 Å². The molecule has 5 rings (SSSR count). The number of hydrogen-bond acceptors (Lipinski definition) is 5. The second-order valence-corrected chi connectivity index (χ2v) is 9.97. The Bertz CT molecular complexity index is 1190. The first-order valence-electron chi connectivity index (χ1n) is 9.49. The molecule has 0 radical (unpaired) electrons. The monoisotopic (exact) mass is 425 g/mol. The molecule has 0 saturated heterocycles. The van der Waals surface area contributed by atoms with Crippen LogP contribution >= 0.6 is 11.8 Å². The lowest BCUT2D eigenvalue weighted by Crippen LogP contribution is -2.16. The maximum atomic E-state index is 12.8. The van der Waals surface area contributed by atoms with Crippen molar-refractivity contribution in [2.24, 2.45) is 0 Å². The second-order valence-electron chi connectivity index (χ2n) is 7.23. The van der Waals surface area contributed by atoms with Gasteiger partial charge in [-0.1, -0.05) is 30.0 Å². The first-order chi connectivity index (χ1) is 14.0. The molecule has 1 aliphatic heterocycles. The van der Waals surface area contributed by atoms with Crippen LogP contribution in [0.15, 0.2) is 58.7 Å². The van der Waals surface area contributed by atoms with Gasteiger partial charge in [0.2, 0.25) is 0 Å². The number of aryl methyl sites for hydroxylation is 2. The summed E-state index contributed by atoms with van der Waals surface area (Å²) in [5.74, 6) is 1.07. The molecular formula is C21H19N3O3S2. The van der Waals surface area contributed by atoms with Gasteiger partial charge in [-0.05, 0) is 42.7 Å². The van der Waals surface area contributed by atoms with Gasteiger partial charge in [0.25, 0.3) is 10.0 Å². The lowest BCUT2D eigenvalue weighted by atomic mass is 9.91. The molecule has 0 atom stereocenters. The predicted octanol–water partition coefficient (Wildman–Crippen LogP) is 3.98. The number of aromatic nitrogens is 2. The molecule has 2 aliphatic rings. The molecule has 0 fully saturated rings. The number of anilines is 1. The summed E-state index contributed by atoms with van der Waals surface area (Å²) in [6.07, 6.45) is 4.13. The minimum atomic E-state index is -3.77. The number of benzene rings is 2.